The average Bonchev–Trinajstić information content (AvgIpc) is 3.18. The van der Waals surface area contributed by atoms with Crippen LogP contribution in [0, 0.1) is 17.9 Å². The van der Waals surface area contributed by atoms with E-state index in [1.165, 1.54) is 6.33 Å². The molecule has 3 heterocycles. The summed E-state index contributed by atoms with van der Waals surface area (Å²) in [4.78, 5) is 15.2. The lowest BCUT2D eigenvalue weighted by molar-refractivity contribution is 0.120. The van der Waals surface area contributed by atoms with Gasteiger partial charge in [0.15, 0.2) is 0 Å². The van der Waals surface area contributed by atoms with Gasteiger partial charge in [-0.2, -0.15) is 10.4 Å². The maximum absolute atomic E-state index is 9.13. The first-order valence-electron chi connectivity index (χ1n) is 7.33. The van der Waals surface area contributed by atoms with Crippen molar-refractivity contribution in [3.63, 3.8) is 0 Å². The summed E-state index contributed by atoms with van der Waals surface area (Å²) in [6.07, 6.45) is 8.75. The molecule has 1 fully saturated rings. The molecular weight excluding hydrogens is 290 g/mol. The minimum atomic E-state index is -0.355. The van der Waals surface area contributed by atoms with E-state index in [0.29, 0.717) is 19.3 Å². The maximum Gasteiger partial charge on any atom is 0.228 e. The Balaban J connectivity index is 1.74. The monoisotopic (exact) mass is 303 g/mol. The number of hydrogen-bond donors (Lipinski definition) is 1. The number of fused-ring (bicyclic) bond motifs is 1. The van der Waals surface area contributed by atoms with Crippen LogP contribution in [0.2, 0.25) is 0 Å². The summed E-state index contributed by atoms with van der Waals surface area (Å²) in [6, 6.07) is 4.16. The van der Waals surface area contributed by atoms with Gasteiger partial charge in [-0.15, -0.1) is 0 Å². The molecule has 0 bridgehead atoms. The predicted octanol–water partition coefficient (Wildman–Crippen LogP) is 2.51. The second-order valence-electron chi connectivity index (χ2n) is 5.89. The molecule has 0 saturated heterocycles. The van der Waals surface area contributed by atoms with Crippen molar-refractivity contribution in [1.29, 1.82) is 5.26 Å². The lowest BCUT2D eigenvalue weighted by Crippen LogP contribution is -2.48. The maximum atomic E-state index is 9.13. The molecule has 0 radical (unpaired) electrons. The van der Waals surface area contributed by atoms with Gasteiger partial charge in [-0.25, -0.2) is 16.5 Å². The Labute approximate surface area is 132 Å². The molecule has 23 heavy (non-hydrogen) atoms. The van der Waals surface area contributed by atoms with E-state index >= 15 is 0 Å². The van der Waals surface area contributed by atoms with Crippen LogP contribution in [0.3, 0.4) is 0 Å². The summed E-state index contributed by atoms with van der Waals surface area (Å²) in [5.74, 6) is 0. The molecule has 7 heteroatoms. The summed E-state index contributed by atoms with van der Waals surface area (Å²) < 4.78 is 1.84. The van der Waals surface area contributed by atoms with Crippen LogP contribution in [0.4, 0.5) is 0 Å². The van der Waals surface area contributed by atoms with Gasteiger partial charge in [-0.3, -0.25) is 4.68 Å². The number of aromatic amines is 1. The van der Waals surface area contributed by atoms with Crippen molar-refractivity contribution >= 4 is 11.0 Å². The van der Waals surface area contributed by atoms with Crippen LogP contribution in [0.15, 0.2) is 31.0 Å². The van der Waals surface area contributed by atoms with Crippen molar-refractivity contribution in [1.82, 2.24) is 24.7 Å². The van der Waals surface area contributed by atoms with Crippen molar-refractivity contribution in [2.75, 3.05) is 0 Å². The van der Waals surface area contributed by atoms with E-state index in [1.807, 2.05) is 23.1 Å². The quantitative estimate of drug-likeness (QED) is 0.753. The predicted molar refractivity (Wildman–Crippen MR) is 82.9 cm³/mol. The average molecular weight is 303 g/mol. The standard InChI is InChI=1S/C16H13N7/c1-18-12-6-16(7-12,3-4-17)23-9-11(8-22-23)14-13-2-5-19-15(13)21-10-20-14/h2,5,8-10,12H,3,6-7H2,(H,19,20,21). The Hall–Kier alpha value is -3.19. The first-order valence-corrected chi connectivity index (χ1v) is 7.33. The molecule has 112 valence electrons. The van der Waals surface area contributed by atoms with Gasteiger partial charge in [0, 0.05) is 36.2 Å². The van der Waals surface area contributed by atoms with Crippen molar-refractivity contribution in [2.45, 2.75) is 30.8 Å². The molecule has 4 rings (SSSR count). The van der Waals surface area contributed by atoms with Gasteiger partial charge in [0.2, 0.25) is 6.04 Å². The van der Waals surface area contributed by atoms with E-state index in [9.17, 15) is 0 Å². The van der Waals surface area contributed by atoms with Gasteiger partial charge < -0.3 is 9.83 Å². The highest BCUT2D eigenvalue weighted by Crippen LogP contribution is 2.44. The molecule has 3 aromatic heterocycles. The molecule has 7 nitrogen and oxygen atoms in total. The van der Waals surface area contributed by atoms with Crippen LogP contribution in [-0.4, -0.2) is 30.8 Å². The Bertz CT molecular complexity index is 947. The number of nitrogens with zero attached hydrogens (tertiary/aromatic N) is 6. The van der Waals surface area contributed by atoms with E-state index in [4.69, 9.17) is 11.8 Å². The Morgan fingerprint density at radius 3 is 3.13 bits per heavy atom. The van der Waals surface area contributed by atoms with Crippen LogP contribution in [0.1, 0.15) is 19.3 Å². The van der Waals surface area contributed by atoms with Crippen LogP contribution < -0.4 is 0 Å². The molecule has 0 atom stereocenters. The second kappa shape index (κ2) is 4.92. The molecule has 0 aliphatic heterocycles. The molecule has 1 aliphatic carbocycles. The van der Waals surface area contributed by atoms with E-state index in [2.05, 4.69) is 31.0 Å². The highest BCUT2D eigenvalue weighted by Gasteiger charge is 2.50. The molecule has 1 N–H and O–H groups in total. The molecular formula is C16H13N7. The summed E-state index contributed by atoms with van der Waals surface area (Å²) in [5.41, 5.74) is 2.13. The van der Waals surface area contributed by atoms with Crippen molar-refractivity contribution < 1.29 is 0 Å². The van der Waals surface area contributed by atoms with E-state index < -0.39 is 0 Å². The number of H-pyrrole nitrogens is 1. The normalized spacial score (nSPS) is 23.1. The van der Waals surface area contributed by atoms with Gasteiger partial charge >= 0.3 is 0 Å². The zero-order valence-electron chi connectivity index (χ0n) is 12.3. The lowest BCUT2D eigenvalue weighted by Gasteiger charge is -2.40. The van der Waals surface area contributed by atoms with Crippen molar-refractivity contribution in [2.24, 2.45) is 0 Å². The fourth-order valence-electron chi connectivity index (χ4n) is 3.28. The number of aromatic nitrogens is 5. The smallest absolute Gasteiger partial charge is 0.228 e. The summed E-state index contributed by atoms with van der Waals surface area (Å²) in [5, 5.41) is 14.5. The van der Waals surface area contributed by atoms with Crippen molar-refractivity contribution in [3.05, 3.63) is 42.4 Å². The fraction of sp³-hybridized carbons (Fsp3) is 0.312. The van der Waals surface area contributed by atoms with Gasteiger partial charge in [-0.1, -0.05) is 0 Å². The van der Waals surface area contributed by atoms with Gasteiger partial charge in [0.1, 0.15) is 12.0 Å². The third-order valence-corrected chi connectivity index (χ3v) is 4.52. The Morgan fingerprint density at radius 2 is 2.35 bits per heavy atom. The van der Waals surface area contributed by atoms with E-state index in [-0.39, 0.29) is 11.6 Å². The Kier molecular flexibility index (Phi) is 2.88. The first kappa shape index (κ1) is 13.5. The van der Waals surface area contributed by atoms with Crippen LogP contribution in [-0.2, 0) is 5.54 Å². The fourth-order valence-corrected chi connectivity index (χ4v) is 3.28. The first-order chi connectivity index (χ1) is 11.3. The van der Waals surface area contributed by atoms with Crippen LogP contribution in [0.25, 0.3) is 27.1 Å². The van der Waals surface area contributed by atoms with Crippen molar-refractivity contribution in [3.8, 4) is 17.3 Å². The lowest BCUT2D eigenvalue weighted by atomic mass is 9.71. The number of rotatable bonds is 3. The number of hydrogen-bond acceptors (Lipinski definition) is 4. The highest BCUT2D eigenvalue weighted by molar-refractivity contribution is 5.89. The van der Waals surface area contributed by atoms with E-state index in [1.54, 1.807) is 6.20 Å². The third-order valence-electron chi connectivity index (χ3n) is 4.52. The molecule has 0 spiro atoms. The SMILES string of the molecule is [C-]#[N+]C1CC(CC#N)(n2cc(-c3ncnc4[nH]ccc34)cn2)C1. The number of nitriles is 1. The minimum absolute atomic E-state index is 0.00793. The highest BCUT2D eigenvalue weighted by atomic mass is 15.3. The summed E-state index contributed by atoms with van der Waals surface area (Å²) >= 11 is 0. The van der Waals surface area contributed by atoms with Gasteiger partial charge in [0.05, 0.1) is 29.9 Å². The van der Waals surface area contributed by atoms with Gasteiger partial charge in [0.25, 0.3) is 0 Å². The molecule has 1 aliphatic rings. The van der Waals surface area contributed by atoms with Crippen LogP contribution in [0.5, 0.6) is 0 Å². The molecule has 0 unspecified atom stereocenters. The van der Waals surface area contributed by atoms with Gasteiger partial charge in [-0.05, 0) is 6.07 Å². The van der Waals surface area contributed by atoms with E-state index in [0.717, 1.165) is 22.3 Å². The zero-order chi connectivity index (χ0) is 15.9. The second-order valence-corrected chi connectivity index (χ2v) is 5.89. The number of nitrogens with one attached hydrogen (secondary N) is 1. The summed E-state index contributed by atoms with van der Waals surface area (Å²) in [7, 11) is 0. The third kappa shape index (κ3) is 1.98. The van der Waals surface area contributed by atoms with Crippen LogP contribution >= 0.6 is 0 Å². The Morgan fingerprint density at radius 1 is 1.48 bits per heavy atom. The topological polar surface area (TPSA) is 87.5 Å². The molecule has 1 saturated carbocycles. The molecule has 0 aromatic carbocycles. The largest absolute Gasteiger partial charge is 0.346 e. The summed E-state index contributed by atoms with van der Waals surface area (Å²) in [6.45, 7) is 7.14. The molecule has 0 amide bonds. The zero-order valence-corrected chi connectivity index (χ0v) is 12.3. The molecule has 3 aromatic rings. The minimum Gasteiger partial charge on any atom is -0.346 e.